The Kier molecular flexibility index (Phi) is 4.86. The van der Waals surface area contributed by atoms with E-state index in [1.165, 1.54) is 0 Å². The van der Waals surface area contributed by atoms with Crippen molar-refractivity contribution in [1.29, 1.82) is 0 Å². The van der Waals surface area contributed by atoms with Crippen LogP contribution in [0.3, 0.4) is 0 Å². The number of hydrogen-bond acceptors (Lipinski definition) is 2. The van der Waals surface area contributed by atoms with Crippen LogP contribution in [0, 0.1) is 0 Å². The van der Waals surface area contributed by atoms with E-state index in [0.717, 1.165) is 12.1 Å². The van der Waals surface area contributed by atoms with Crippen molar-refractivity contribution in [2.45, 2.75) is 37.4 Å². The van der Waals surface area contributed by atoms with Gasteiger partial charge in [0.15, 0.2) is 0 Å². The van der Waals surface area contributed by atoms with Crippen molar-refractivity contribution in [2.24, 2.45) is 0 Å². The SMILES string of the molecule is CCC(C)NS(=O)(=O)c1ccc(Cl)c(C(F)(F)F)c1. The maximum atomic E-state index is 12.6. The highest BCUT2D eigenvalue weighted by Gasteiger charge is 2.34. The van der Waals surface area contributed by atoms with Crippen molar-refractivity contribution in [3.8, 4) is 0 Å². The van der Waals surface area contributed by atoms with E-state index < -0.39 is 31.7 Å². The first-order valence-corrected chi connectivity index (χ1v) is 7.33. The Labute approximate surface area is 114 Å². The highest BCUT2D eigenvalue weighted by atomic mass is 35.5. The number of alkyl halides is 3. The first-order valence-electron chi connectivity index (χ1n) is 5.47. The summed E-state index contributed by atoms with van der Waals surface area (Å²) in [6, 6.07) is 2.14. The molecule has 0 aliphatic heterocycles. The normalized spacial score (nSPS) is 14.4. The van der Waals surface area contributed by atoms with Crippen molar-refractivity contribution in [3.63, 3.8) is 0 Å². The van der Waals surface area contributed by atoms with E-state index in [9.17, 15) is 21.6 Å². The Morgan fingerprint density at radius 2 is 1.95 bits per heavy atom. The van der Waals surface area contributed by atoms with Crippen molar-refractivity contribution >= 4 is 21.6 Å². The van der Waals surface area contributed by atoms with Gasteiger partial charge in [0.05, 0.1) is 15.5 Å². The van der Waals surface area contributed by atoms with Crippen molar-refractivity contribution in [3.05, 3.63) is 28.8 Å². The minimum absolute atomic E-state index is 0.366. The van der Waals surface area contributed by atoms with E-state index in [1.54, 1.807) is 13.8 Å². The predicted molar refractivity (Wildman–Crippen MR) is 66.5 cm³/mol. The third kappa shape index (κ3) is 4.09. The zero-order valence-electron chi connectivity index (χ0n) is 10.3. The van der Waals surface area contributed by atoms with Crippen molar-refractivity contribution < 1.29 is 21.6 Å². The maximum Gasteiger partial charge on any atom is 0.417 e. The third-order valence-electron chi connectivity index (χ3n) is 2.52. The number of halogens is 4. The second-order valence-corrected chi connectivity index (χ2v) is 6.19. The molecule has 1 unspecified atom stereocenters. The summed E-state index contributed by atoms with van der Waals surface area (Å²) in [5.41, 5.74) is -1.17. The fourth-order valence-corrected chi connectivity index (χ4v) is 2.88. The van der Waals surface area contributed by atoms with Gasteiger partial charge < -0.3 is 0 Å². The lowest BCUT2D eigenvalue weighted by Gasteiger charge is -2.14. The van der Waals surface area contributed by atoms with Gasteiger partial charge in [-0.05, 0) is 31.5 Å². The van der Waals surface area contributed by atoms with E-state index >= 15 is 0 Å². The minimum Gasteiger partial charge on any atom is -0.208 e. The highest BCUT2D eigenvalue weighted by molar-refractivity contribution is 7.89. The molecule has 0 heterocycles. The molecule has 0 radical (unpaired) electrons. The lowest BCUT2D eigenvalue weighted by Crippen LogP contribution is -2.32. The molecule has 1 N–H and O–H groups in total. The van der Waals surface area contributed by atoms with Gasteiger partial charge in [-0.3, -0.25) is 0 Å². The monoisotopic (exact) mass is 315 g/mol. The lowest BCUT2D eigenvalue weighted by atomic mass is 10.2. The average molecular weight is 316 g/mol. The highest BCUT2D eigenvalue weighted by Crippen LogP contribution is 2.35. The molecule has 8 heteroatoms. The minimum atomic E-state index is -4.70. The summed E-state index contributed by atoms with van der Waals surface area (Å²) >= 11 is 5.43. The van der Waals surface area contributed by atoms with E-state index in [-0.39, 0.29) is 6.04 Å². The fourth-order valence-electron chi connectivity index (χ4n) is 1.31. The van der Waals surface area contributed by atoms with Crippen molar-refractivity contribution in [1.82, 2.24) is 4.72 Å². The molecule has 108 valence electrons. The van der Waals surface area contributed by atoms with E-state index in [4.69, 9.17) is 11.6 Å². The van der Waals surface area contributed by atoms with E-state index in [0.29, 0.717) is 12.5 Å². The number of sulfonamides is 1. The van der Waals surface area contributed by atoms with Crippen LogP contribution >= 0.6 is 11.6 Å². The molecule has 1 rings (SSSR count). The van der Waals surface area contributed by atoms with Gasteiger partial charge >= 0.3 is 6.18 Å². The molecule has 0 spiro atoms. The molecule has 1 aromatic carbocycles. The molecule has 3 nitrogen and oxygen atoms in total. The molecule has 1 atom stereocenters. The summed E-state index contributed by atoms with van der Waals surface area (Å²) in [5.74, 6) is 0. The standard InChI is InChI=1S/C11H13ClF3NO2S/c1-3-7(2)16-19(17,18)8-4-5-10(12)9(6-8)11(13,14)15/h4-7,16H,3H2,1-2H3. The molecule has 0 amide bonds. The molecule has 0 saturated carbocycles. The molecule has 0 bridgehead atoms. The van der Waals surface area contributed by atoms with Gasteiger partial charge in [0.1, 0.15) is 0 Å². The van der Waals surface area contributed by atoms with Gasteiger partial charge in [-0.15, -0.1) is 0 Å². The molecule has 0 aromatic heterocycles. The Bertz CT molecular complexity index is 558. The van der Waals surface area contributed by atoms with Gasteiger partial charge in [0.2, 0.25) is 10.0 Å². The smallest absolute Gasteiger partial charge is 0.208 e. The fraction of sp³-hybridized carbons (Fsp3) is 0.455. The summed E-state index contributed by atoms with van der Waals surface area (Å²) in [6.45, 7) is 3.38. The average Bonchev–Trinajstić information content (AvgIpc) is 2.26. The van der Waals surface area contributed by atoms with Crippen LogP contribution in [-0.4, -0.2) is 14.5 Å². The van der Waals surface area contributed by atoms with Crippen LogP contribution in [0.4, 0.5) is 13.2 Å². The van der Waals surface area contributed by atoms with Crippen LogP contribution in [0.25, 0.3) is 0 Å². The molecule has 0 aliphatic carbocycles. The van der Waals surface area contributed by atoms with Crippen LogP contribution in [0.15, 0.2) is 23.1 Å². The summed E-state index contributed by atoms with van der Waals surface area (Å²) in [5, 5.41) is -0.532. The molecule has 0 saturated heterocycles. The number of hydrogen-bond donors (Lipinski definition) is 1. The van der Waals surface area contributed by atoms with Crippen LogP contribution in [-0.2, 0) is 16.2 Å². The lowest BCUT2D eigenvalue weighted by molar-refractivity contribution is -0.137. The number of benzene rings is 1. The topological polar surface area (TPSA) is 46.2 Å². The molecule has 0 aliphatic rings. The second kappa shape index (κ2) is 5.68. The van der Waals surface area contributed by atoms with Crippen LogP contribution < -0.4 is 4.72 Å². The van der Waals surface area contributed by atoms with Crippen molar-refractivity contribution in [2.75, 3.05) is 0 Å². The van der Waals surface area contributed by atoms with Gasteiger partial charge in [-0.2, -0.15) is 13.2 Å². The summed E-state index contributed by atoms with van der Waals surface area (Å²) in [4.78, 5) is -0.454. The summed E-state index contributed by atoms with van der Waals surface area (Å²) in [7, 11) is -3.98. The zero-order valence-corrected chi connectivity index (χ0v) is 11.8. The largest absolute Gasteiger partial charge is 0.417 e. The Morgan fingerprint density at radius 3 is 2.42 bits per heavy atom. The Balaban J connectivity index is 3.23. The van der Waals surface area contributed by atoms with Crippen LogP contribution in [0.5, 0.6) is 0 Å². The first kappa shape index (κ1) is 16.3. The quantitative estimate of drug-likeness (QED) is 0.925. The van der Waals surface area contributed by atoms with Crippen LogP contribution in [0.1, 0.15) is 25.8 Å². The summed E-state index contributed by atoms with van der Waals surface area (Å²) < 4.78 is 64.0. The second-order valence-electron chi connectivity index (χ2n) is 4.07. The summed E-state index contributed by atoms with van der Waals surface area (Å²) in [6.07, 6.45) is -4.17. The van der Waals surface area contributed by atoms with Gasteiger partial charge in [-0.25, -0.2) is 13.1 Å². The van der Waals surface area contributed by atoms with E-state index in [1.807, 2.05) is 0 Å². The molecule has 1 aromatic rings. The van der Waals surface area contributed by atoms with Crippen LogP contribution in [0.2, 0.25) is 5.02 Å². The number of rotatable bonds is 4. The Hall–Kier alpha value is -0.790. The Morgan fingerprint density at radius 1 is 1.37 bits per heavy atom. The maximum absolute atomic E-state index is 12.6. The van der Waals surface area contributed by atoms with Gasteiger partial charge in [0, 0.05) is 6.04 Å². The zero-order chi connectivity index (χ0) is 14.8. The number of nitrogens with one attached hydrogen (secondary N) is 1. The van der Waals surface area contributed by atoms with Gasteiger partial charge in [-0.1, -0.05) is 18.5 Å². The molecular weight excluding hydrogens is 303 g/mol. The van der Waals surface area contributed by atoms with E-state index in [2.05, 4.69) is 4.72 Å². The molecular formula is C11H13ClF3NO2S. The molecule has 19 heavy (non-hydrogen) atoms. The van der Waals surface area contributed by atoms with Gasteiger partial charge in [0.25, 0.3) is 0 Å². The first-order chi connectivity index (χ1) is 8.58. The predicted octanol–water partition coefficient (Wildman–Crippen LogP) is 3.44. The molecule has 0 fully saturated rings. The third-order valence-corrected chi connectivity index (χ3v) is 4.44.